The van der Waals surface area contributed by atoms with Gasteiger partial charge >= 0.3 is 7.75 Å². The summed E-state index contributed by atoms with van der Waals surface area (Å²) >= 11 is 5.98. The Balaban J connectivity index is 2.24. The Morgan fingerprint density at radius 2 is 2.00 bits per heavy atom. The number of rotatable bonds is 8. The highest BCUT2D eigenvalue weighted by atomic mass is 35.5. The van der Waals surface area contributed by atoms with Gasteiger partial charge in [0.2, 0.25) is 0 Å². The highest BCUT2D eigenvalue weighted by Gasteiger charge is 2.28. The zero-order chi connectivity index (χ0) is 17.6. The Bertz CT molecular complexity index is 682. The summed E-state index contributed by atoms with van der Waals surface area (Å²) in [7, 11) is -2.49. The molecule has 130 valence electrons. The fraction of sp³-hybridized carbons (Fsp3) is 0.353. The van der Waals surface area contributed by atoms with E-state index >= 15 is 0 Å². The molecule has 0 aliphatic carbocycles. The molecule has 2 unspecified atom stereocenters. The maximum absolute atomic E-state index is 12.1. The van der Waals surface area contributed by atoms with Gasteiger partial charge in [-0.15, -0.1) is 0 Å². The molecule has 1 aromatic heterocycles. The summed E-state index contributed by atoms with van der Waals surface area (Å²) in [5.74, 6) is 0.00868. The van der Waals surface area contributed by atoms with Crippen molar-refractivity contribution < 1.29 is 14.0 Å². The van der Waals surface area contributed by atoms with Crippen molar-refractivity contribution in [1.29, 1.82) is 0 Å². The lowest BCUT2D eigenvalue weighted by Crippen LogP contribution is -2.24. The number of halogens is 1. The summed E-state index contributed by atoms with van der Waals surface area (Å²) in [4.78, 5) is 14.3. The van der Waals surface area contributed by atoms with Crippen molar-refractivity contribution in [2.75, 3.05) is 20.2 Å². The third-order valence-electron chi connectivity index (χ3n) is 3.95. The van der Waals surface area contributed by atoms with Crippen LogP contribution in [0.25, 0.3) is 0 Å². The Morgan fingerprint density at radius 1 is 1.29 bits per heavy atom. The van der Waals surface area contributed by atoms with E-state index in [1.807, 2.05) is 49.4 Å². The van der Waals surface area contributed by atoms with Gasteiger partial charge in [0.05, 0.1) is 0 Å². The van der Waals surface area contributed by atoms with Crippen molar-refractivity contribution in [2.45, 2.75) is 19.3 Å². The molecule has 0 amide bonds. The molecule has 0 spiro atoms. The van der Waals surface area contributed by atoms with Crippen molar-refractivity contribution in [1.82, 2.24) is 9.65 Å². The zero-order valence-electron chi connectivity index (χ0n) is 13.8. The first-order valence-electron chi connectivity index (χ1n) is 7.78. The Labute approximate surface area is 147 Å². The predicted octanol–water partition coefficient (Wildman–Crippen LogP) is 4.33. The van der Waals surface area contributed by atoms with Crippen LogP contribution in [0, 0.1) is 0 Å². The summed E-state index contributed by atoms with van der Waals surface area (Å²) in [6.07, 6.45) is 2.39. The smallest absolute Gasteiger partial charge is 0.312 e. The first-order chi connectivity index (χ1) is 11.5. The summed E-state index contributed by atoms with van der Waals surface area (Å²) < 4.78 is 18.3. The zero-order valence-corrected chi connectivity index (χ0v) is 15.5. The van der Waals surface area contributed by atoms with Crippen molar-refractivity contribution >= 4 is 19.3 Å². The second kappa shape index (κ2) is 8.75. The number of benzene rings is 1. The van der Waals surface area contributed by atoms with Crippen molar-refractivity contribution in [3.63, 3.8) is 0 Å². The molecule has 0 fully saturated rings. The average Bonchev–Trinajstić information content (AvgIpc) is 2.60. The van der Waals surface area contributed by atoms with Gasteiger partial charge in [0.15, 0.2) is 0 Å². The fourth-order valence-corrected chi connectivity index (χ4v) is 3.70. The molecular weight excluding hydrogens is 347 g/mol. The topological polar surface area (TPSA) is 62.7 Å². The molecule has 5 nitrogen and oxygen atoms in total. The second-order valence-electron chi connectivity index (χ2n) is 5.37. The SMILES string of the molecule is CCN(CCC(c1ccc(Cl)cc1)c1ccccn1)P(=O)(O)OC. The van der Waals surface area contributed by atoms with Crippen LogP contribution in [0.2, 0.25) is 5.02 Å². The van der Waals surface area contributed by atoms with E-state index in [0.29, 0.717) is 24.5 Å². The second-order valence-corrected chi connectivity index (χ2v) is 7.72. The lowest BCUT2D eigenvalue weighted by Gasteiger charge is -2.26. The van der Waals surface area contributed by atoms with Crippen LogP contribution in [0.3, 0.4) is 0 Å². The van der Waals surface area contributed by atoms with Gasteiger partial charge < -0.3 is 9.42 Å². The van der Waals surface area contributed by atoms with Gasteiger partial charge in [-0.25, -0.2) is 9.24 Å². The maximum atomic E-state index is 12.1. The minimum atomic E-state index is -3.74. The van der Waals surface area contributed by atoms with Crippen LogP contribution in [0.1, 0.15) is 30.5 Å². The lowest BCUT2D eigenvalue weighted by molar-refractivity contribution is 0.237. The van der Waals surface area contributed by atoms with Gasteiger partial charge in [0.1, 0.15) is 0 Å². The number of hydrogen-bond donors (Lipinski definition) is 1. The average molecular weight is 369 g/mol. The molecule has 2 atom stereocenters. The Kier molecular flexibility index (Phi) is 6.96. The molecule has 0 saturated heterocycles. The molecular formula is C17H22ClN2O3P. The molecule has 0 saturated carbocycles. The van der Waals surface area contributed by atoms with Crippen LogP contribution in [-0.2, 0) is 9.09 Å². The van der Waals surface area contributed by atoms with E-state index in [1.54, 1.807) is 6.20 Å². The van der Waals surface area contributed by atoms with Crippen LogP contribution < -0.4 is 0 Å². The van der Waals surface area contributed by atoms with Crippen LogP contribution in [0.15, 0.2) is 48.7 Å². The summed E-state index contributed by atoms with van der Waals surface area (Å²) in [6.45, 7) is 2.68. The lowest BCUT2D eigenvalue weighted by atomic mass is 9.92. The van der Waals surface area contributed by atoms with Crippen molar-refractivity contribution in [3.05, 3.63) is 64.9 Å². The quantitative estimate of drug-likeness (QED) is 0.703. The van der Waals surface area contributed by atoms with Crippen LogP contribution in [0.5, 0.6) is 0 Å². The van der Waals surface area contributed by atoms with Gasteiger partial charge in [-0.3, -0.25) is 4.98 Å². The normalized spacial score (nSPS) is 15.2. The number of nitrogens with zero attached hydrogens (tertiary/aromatic N) is 2. The third kappa shape index (κ3) is 4.88. The Hall–Kier alpha value is -1.23. The van der Waals surface area contributed by atoms with E-state index in [-0.39, 0.29) is 5.92 Å². The fourth-order valence-electron chi connectivity index (χ4n) is 2.62. The van der Waals surface area contributed by atoms with E-state index in [2.05, 4.69) is 4.98 Å². The largest absolute Gasteiger partial charge is 0.405 e. The van der Waals surface area contributed by atoms with Gasteiger partial charge in [-0.2, -0.15) is 0 Å². The van der Waals surface area contributed by atoms with E-state index in [1.165, 1.54) is 11.8 Å². The minimum absolute atomic E-state index is 0.00868. The molecule has 0 bridgehead atoms. The molecule has 2 aromatic rings. The summed E-state index contributed by atoms with van der Waals surface area (Å²) in [6, 6.07) is 13.4. The highest BCUT2D eigenvalue weighted by molar-refractivity contribution is 7.50. The molecule has 24 heavy (non-hydrogen) atoms. The molecule has 1 aromatic carbocycles. The first kappa shape index (κ1) is 19.1. The molecule has 2 rings (SSSR count). The number of aromatic nitrogens is 1. The van der Waals surface area contributed by atoms with Crippen LogP contribution in [-0.4, -0.2) is 34.7 Å². The number of pyridine rings is 1. The minimum Gasteiger partial charge on any atom is -0.312 e. The van der Waals surface area contributed by atoms with Crippen LogP contribution >= 0.6 is 19.3 Å². The van der Waals surface area contributed by atoms with Gasteiger partial charge in [-0.05, 0) is 36.2 Å². The monoisotopic (exact) mass is 368 g/mol. The van der Waals surface area contributed by atoms with E-state index < -0.39 is 7.75 Å². The standard InChI is InChI=1S/C17H22ClN2O3P/c1-3-20(24(21,22)23-2)13-11-16(17-6-4-5-12-19-17)14-7-9-15(18)10-8-14/h4-10,12,16H,3,11,13H2,1-2H3,(H,21,22). The maximum Gasteiger partial charge on any atom is 0.405 e. The first-order valence-corrected chi connectivity index (χ1v) is 9.69. The van der Waals surface area contributed by atoms with Gasteiger partial charge in [0, 0.05) is 43.0 Å². The van der Waals surface area contributed by atoms with Gasteiger partial charge in [-0.1, -0.05) is 36.7 Å². The number of hydrogen-bond acceptors (Lipinski definition) is 3. The highest BCUT2D eigenvalue weighted by Crippen LogP contribution is 2.45. The molecule has 7 heteroatoms. The van der Waals surface area contributed by atoms with E-state index in [4.69, 9.17) is 16.1 Å². The predicted molar refractivity (Wildman–Crippen MR) is 96.2 cm³/mol. The molecule has 1 N–H and O–H groups in total. The van der Waals surface area contributed by atoms with Crippen molar-refractivity contribution in [2.24, 2.45) is 0 Å². The molecule has 0 aliphatic heterocycles. The summed E-state index contributed by atoms with van der Waals surface area (Å²) in [5, 5.41) is 0.674. The molecule has 0 aliphatic rings. The summed E-state index contributed by atoms with van der Waals surface area (Å²) in [5.41, 5.74) is 1.99. The van der Waals surface area contributed by atoms with Crippen LogP contribution in [0.4, 0.5) is 0 Å². The van der Waals surface area contributed by atoms with E-state index in [9.17, 15) is 9.46 Å². The van der Waals surface area contributed by atoms with Crippen molar-refractivity contribution in [3.8, 4) is 0 Å². The molecule has 1 heterocycles. The van der Waals surface area contributed by atoms with E-state index in [0.717, 1.165) is 11.3 Å². The third-order valence-corrected chi connectivity index (χ3v) is 5.88. The molecule has 0 radical (unpaired) electrons. The Morgan fingerprint density at radius 3 is 2.54 bits per heavy atom. The van der Waals surface area contributed by atoms with Gasteiger partial charge in [0.25, 0.3) is 0 Å².